The zero-order chi connectivity index (χ0) is 12.5. The summed E-state index contributed by atoms with van der Waals surface area (Å²) in [6.07, 6.45) is 6.45. The van der Waals surface area contributed by atoms with E-state index in [9.17, 15) is 5.11 Å². The third-order valence-electron chi connectivity index (χ3n) is 3.92. The average molecular weight is 232 g/mol. The second-order valence-electron chi connectivity index (χ2n) is 6.33. The molecule has 0 heterocycles. The Morgan fingerprint density at radius 3 is 2.29 bits per heavy atom. The first-order valence-corrected chi connectivity index (χ1v) is 6.82. The van der Waals surface area contributed by atoms with Crippen LogP contribution in [0, 0.1) is 0 Å². The van der Waals surface area contributed by atoms with Crippen molar-refractivity contribution in [1.29, 1.82) is 0 Å². The summed E-state index contributed by atoms with van der Waals surface area (Å²) in [4.78, 5) is 0. The normalized spacial score (nSPS) is 18.3. The molecule has 1 nitrogen and oxygen atoms in total. The van der Waals surface area contributed by atoms with Crippen LogP contribution in [0.4, 0.5) is 0 Å². The molecule has 0 aromatic heterocycles. The molecule has 0 bridgehead atoms. The molecule has 0 amide bonds. The van der Waals surface area contributed by atoms with E-state index in [1.54, 1.807) is 0 Å². The molecule has 2 rings (SSSR count). The second kappa shape index (κ2) is 4.72. The Kier molecular flexibility index (Phi) is 3.46. The summed E-state index contributed by atoms with van der Waals surface area (Å²) in [6.45, 7) is 6.48. The lowest BCUT2D eigenvalue weighted by Crippen LogP contribution is -2.13. The van der Waals surface area contributed by atoms with Crippen LogP contribution >= 0.6 is 0 Å². The van der Waals surface area contributed by atoms with Crippen LogP contribution in [0.3, 0.4) is 0 Å². The van der Waals surface area contributed by atoms with Gasteiger partial charge in [-0.05, 0) is 35.3 Å². The van der Waals surface area contributed by atoms with E-state index in [0.29, 0.717) is 11.7 Å². The van der Waals surface area contributed by atoms with Gasteiger partial charge in [-0.3, -0.25) is 0 Å². The molecule has 1 aromatic carbocycles. The average Bonchev–Trinajstić information content (AvgIpc) is 2.29. The van der Waals surface area contributed by atoms with E-state index in [1.807, 2.05) is 0 Å². The van der Waals surface area contributed by atoms with Crippen molar-refractivity contribution in [1.82, 2.24) is 0 Å². The largest absolute Gasteiger partial charge is 0.507 e. The number of benzene rings is 1. The van der Waals surface area contributed by atoms with Gasteiger partial charge in [0.1, 0.15) is 5.75 Å². The van der Waals surface area contributed by atoms with Gasteiger partial charge in [-0.2, -0.15) is 0 Å². The van der Waals surface area contributed by atoms with Crippen molar-refractivity contribution in [2.75, 3.05) is 0 Å². The van der Waals surface area contributed by atoms with E-state index in [2.05, 4.69) is 39.0 Å². The second-order valence-corrected chi connectivity index (χ2v) is 6.33. The monoisotopic (exact) mass is 232 g/mol. The Balaban J connectivity index is 2.35. The van der Waals surface area contributed by atoms with Crippen molar-refractivity contribution in [2.24, 2.45) is 0 Å². The van der Waals surface area contributed by atoms with Gasteiger partial charge < -0.3 is 5.11 Å². The minimum atomic E-state index is 0.0226. The van der Waals surface area contributed by atoms with Gasteiger partial charge in [0, 0.05) is 0 Å². The number of hydrogen-bond donors (Lipinski definition) is 1. The molecule has 0 radical (unpaired) electrons. The Morgan fingerprint density at radius 1 is 1.06 bits per heavy atom. The molecule has 1 heteroatoms. The van der Waals surface area contributed by atoms with Gasteiger partial charge in [0.2, 0.25) is 0 Å². The maximum Gasteiger partial charge on any atom is 0.122 e. The predicted octanol–water partition coefficient (Wildman–Crippen LogP) is 4.74. The fourth-order valence-corrected chi connectivity index (χ4v) is 2.91. The molecule has 0 saturated heterocycles. The zero-order valence-electron chi connectivity index (χ0n) is 11.3. The highest BCUT2D eigenvalue weighted by Crippen LogP contribution is 2.41. The van der Waals surface area contributed by atoms with Gasteiger partial charge in [0.25, 0.3) is 0 Å². The number of rotatable bonds is 1. The Morgan fingerprint density at radius 2 is 1.71 bits per heavy atom. The molecule has 94 valence electrons. The van der Waals surface area contributed by atoms with Crippen LogP contribution in [-0.2, 0) is 5.41 Å². The molecular formula is C16H24O. The molecule has 0 atom stereocenters. The smallest absolute Gasteiger partial charge is 0.122 e. The fourth-order valence-electron chi connectivity index (χ4n) is 2.91. The molecule has 1 aromatic rings. The minimum Gasteiger partial charge on any atom is -0.507 e. The van der Waals surface area contributed by atoms with E-state index in [0.717, 1.165) is 5.56 Å². The van der Waals surface area contributed by atoms with Crippen LogP contribution in [0.2, 0.25) is 0 Å². The molecule has 17 heavy (non-hydrogen) atoms. The molecule has 1 aliphatic rings. The van der Waals surface area contributed by atoms with Gasteiger partial charge in [-0.15, -0.1) is 0 Å². The standard InChI is InChI=1S/C16H24O/c1-16(2,3)14-11-7-10-13(15(14)17)12-8-5-4-6-9-12/h7,10-12,17H,4-6,8-9H2,1-3H3. The number of para-hydroxylation sites is 1. The molecule has 0 spiro atoms. The number of aromatic hydroxyl groups is 1. The molecule has 1 N–H and O–H groups in total. The summed E-state index contributed by atoms with van der Waals surface area (Å²) in [7, 11) is 0. The first-order valence-electron chi connectivity index (χ1n) is 6.82. The van der Waals surface area contributed by atoms with E-state index in [1.165, 1.54) is 37.7 Å². The van der Waals surface area contributed by atoms with E-state index < -0.39 is 0 Å². The lowest BCUT2D eigenvalue weighted by molar-refractivity contribution is 0.403. The van der Waals surface area contributed by atoms with Crippen LogP contribution in [0.15, 0.2) is 18.2 Å². The number of hydrogen-bond acceptors (Lipinski definition) is 1. The highest BCUT2D eigenvalue weighted by atomic mass is 16.3. The Bertz CT molecular complexity index is 381. The topological polar surface area (TPSA) is 20.2 Å². The predicted molar refractivity (Wildman–Crippen MR) is 72.6 cm³/mol. The molecule has 0 unspecified atom stereocenters. The Hall–Kier alpha value is -0.980. The van der Waals surface area contributed by atoms with Crippen LogP contribution in [-0.4, -0.2) is 5.11 Å². The van der Waals surface area contributed by atoms with Crippen LogP contribution in [0.5, 0.6) is 5.75 Å². The number of phenolic OH excluding ortho intramolecular Hbond substituents is 1. The van der Waals surface area contributed by atoms with Gasteiger partial charge >= 0.3 is 0 Å². The van der Waals surface area contributed by atoms with Gasteiger partial charge in [0.15, 0.2) is 0 Å². The highest BCUT2D eigenvalue weighted by molar-refractivity contribution is 5.45. The first-order chi connectivity index (χ1) is 8.00. The third-order valence-corrected chi connectivity index (χ3v) is 3.92. The van der Waals surface area contributed by atoms with Crippen molar-refractivity contribution in [3.63, 3.8) is 0 Å². The summed E-state index contributed by atoms with van der Waals surface area (Å²) < 4.78 is 0. The maximum atomic E-state index is 10.5. The molecular weight excluding hydrogens is 208 g/mol. The fraction of sp³-hybridized carbons (Fsp3) is 0.625. The zero-order valence-corrected chi connectivity index (χ0v) is 11.3. The lowest BCUT2D eigenvalue weighted by atomic mass is 9.79. The summed E-state index contributed by atoms with van der Waals surface area (Å²) in [5.74, 6) is 1.12. The van der Waals surface area contributed by atoms with E-state index in [-0.39, 0.29) is 5.41 Å². The van der Waals surface area contributed by atoms with Crippen LogP contribution in [0.25, 0.3) is 0 Å². The summed E-state index contributed by atoms with van der Waals surface area (Å²) in [5, 5.41) is 10.5. The molecule has 1 aliphatic carbocycles. The van der Waals surface area contributed by atoms with Gasteiger partial charge in [0.05, 0.1) is 0 Å². The Labute approximate surface area is 105 Å². The van der Waals surface area contributed by atoms with Crippen molar-refractivity contribution in [2.45, 2.75) is 64.2 Å². The van der Waals surface area contributed by atoms with E-state index >= 15 is 0 Å². The maximum absolute atomic E-state index is 10.5. The first kappa shape index (κ1) is 12.5. The van der Waals surface area contributed by atoms with Crippen molar-refractivity contribution in [3.8, 4) is 5.75 Å². The number of phenols is 1. The van der Waals surface area contributed by atoms with Gasteiger partial charge in [-0.25, -0.2) is 0 Å². The van der Waals surface area contributed by atoms with Crippen LogP contribution in [0.1, 0.15) is 69.9 Å². The summed E-state index contributed by atoms with van der Waals surface area (Å²) in [5.41, 5.74) is 2.28. The lowest BCUT2D eigenvalue weighted by Gasteiger charge is -2.27. The summed E-state index contributed by atoms with van der Waals surface area (Å²) in [6, 6.07) is 6.27. The molecule has 1 saturated carbocycles. The quantitative estimate of drug-likeness (QED) is 0.741. The highest BCUT2D eigenvalue weighted by Gasteiger charge is 2.24. The van der Waals surface area contributed by atoms with E-state index in [4.69, 9.17) is 0 Å². The van der Waals surface area contributed by atoms with Crippen molar-refractivity contribution >= 4 is 0 Å². The molecule has 0 aliphatic heterocycles. The van der Waals surface area contributed by atoms with Crippen molar-refractivity contribution in [3.05, 3.63) is 29.3 Å². The summed E-state index contributed by atoms with van der Waals surface area (Å²) >= 11 is 0. The minimum absolute atomic E-state index is 0.0226. The van der Waals surface area contributed by atoms with Crippen LogP contribution < -0.4 is 0 Å². The molecule has 1 fully saturated rings. The third kappa shape index (κ3) is 2.65. The SMILES string of the molecule is CC(C)(C)c1cccc(C2CCCCC2)c1O. The van der Waals surface area contributed by atoms with Crippen molar-refractivity contribution < 1.29 is 5.11 Å². The van der Waals surface area contributed by atoms with Gasteiger partial charge in [-0.1, -0.05) is 58.2 Å².